The second-order valence-corrected chi connectivity index (χ2v) is 11.9. The Hall–Kier alpha value is -4.33. The first-order valence-electron chi connectivity index (χ1n) is 14.0. The summed E-state index contributed by atoms with van der Waals surface area (Å²) >= 11 is 7.46. The molecule has 4 aromatic rings. The second-order valence-electron chi connectivity index (χ2n) is 10.2. The van der Waals surface area contributed by atoms with Crippen molar-refractivity contribution < 1.29 is 14.4 Å². The van der Waals surface area contributed by atoms with E-state index in [1.807, 2.05) is 55.5 Å². The SMILES string of the molecule is CCC(Sc1cccc(NC(=O)/C(=C\c2ccc(C(C)C)cc2)NC(=O)c2ccccc2)c1)C(=O)Nc1cccc(Cl)c1. The number of carbonyl (C=O) groups excluding carboxylic acids is 3. The predicted molar refractivity (Wildman–Crippen MR) is 178 cm³/mol. The van der Waals surface area contributed by atoms with E-state index >= 15 is 0 Å². The Kier molecular flexibility index (Phi) is 11.2. The minimum atomic E-state index is -0.467. The first-order chi connectivity index (χ1) is 20.7. The number of anilines is 2. The van der Waals surface area contributed by atoms with Crippen LogP contribution < -0.4 is 16.0 Å². The summed E-state index contributed by atoms with van der Waals surface area (Å²) in [5, 5.41) is 8.79. The van der Waals surface area contributed by atoms with E-state index in [-0.39, 0.29) is 22.8 Å². The molecule has 0 fully saturated rings. The van der Waals surface area contributed by atoms with Crippen LogP contribution in [0.15, 0.2) is 114 Å². The molecule has 3 N–H and O–H groups in total. The molecule has 4 aromatic carbocycles. The highest BCUT2D eigenvalue weighted by Crippen LogP contribution is 2.29. The fourth-order valence-corrected chi connectivity index (χ4v) is 5.41. The molecule has 3 amide bonds. The number of thioether (sulfide) groups is 1. The van der Waals surface area contributed by atoms with Gasteiger partial charge in [0.1, 0.15) is 5.70 Å². The van der Waals surface area contributed by atoms with Gasteiger partial charge in [0.25, 0.3) is 11.8 Å². The van der Waals surface area contributed by atoms with Crippen molar-refractivity contribution in [1.82, 2.24) is 5.32 Å². The van der Waals surface area contributed by atoms with E-state index in [0.717, 1.165) is 10.5 Å². The molecule has 6 nitrogen and oxygen atoms in total. The van der Waals surface area contributed by atoms with Crippen molar-refractivity contribution in [2.75, 3.05) is 10.6 Å². The molecule has 0 aliphatic heterocycles. The van der Waals surface area contributed by atoms with Gasteiger partial charge < -0.3 is 16.0 Å². The van der Waals surface area contributed by atoms with Gasteiger partial charge in [-0.25, -0.2) is 0 Å². The summed E-state index contributed by atoms with van der Waals surface area (Å²) < 4.78 is 0. The summed E-state index contributed by atoms with van der Waals surface area (Å²) in [5.74, 6) is -0.618. The van der Waals surface area contributed by atoms with E-state index in [2.05, 4.69) is 29.8 Å². The average molecular weight is 612 g/mol. The van der Waals surface area contributed by atoms with E-state index < -0.39 is 5.91 Å². The monoisotopic (exact) mass is 611 g/mol. The van der Waals surface area contributed by atoms with Crippen molar-refractivity contribution in [2.45, 2.75) is 43.3 Å². The number of benzene rings is 4. The Morgan fingerprint density at radius 3 is 2.14 bits per heavy atom. The van der Waals surface area contributed by atoms with E-state index in [9.17, 15) is 14.4 Å². The van der Waals surface area contributed by atoms with Crippen molar-refractivity contribution in [2.24, 2.45) is 0 Å². The molecule has 1 unspecified atom stereocenters. The van der Waals surface area contributed by atoms with Gasteiger partial charge in [-0.15, -0.1) is 11.8 Å². The van der Waals surface area contributed by atoms with E-state index in [1.54, 1.807) is 60.7 Å². The van der Waals surface area contributed by atoms with Crippen LogP contribution in [-0.4, -0.2) is 23.0 Å². The maximum Gasteiger partial charge on any atom is 0.272 e. The van der Waals surface area contributed by atoms with Crippen molar-refractivity contribution in [3.63, 3.8) is 0 Å². The topological polar surface area (TPSA) is 87.3 Å². The smallest absolute Gasteiger partial charge is 0.272 e. The summed E-state index contributed by atoms with van der Waals surface area (Å²) in [4.78, 5) is 40.3. The number of carbonyl (C=O) groups is 3. The van der Waals surface area contributed by atoms with E-state index in [0.29, 0.717) is 34.3 Å². The average Bonchev–Trinajstić information content (AvgIpc) is 3.00. The highest BCUT2D eigenvalue weighted by atomic mass is 35.5. The summed E-state index contributed by atoms with van der Waals surface area (Å²) in [7, 11) is 0. The molecular weight excluding hydrogens is 578 g/mol. The predicted octanol–water partition coefficient (Wildman–Crippen LogP) is 8.38. The van der Waals surface area contributed by atoms with Crippen LogP contribution in [0.4, 0.5) is 11.4 Å². The van der Waals surface area contributed by atoms with Crippen molar-refractivity contribution in [1.29, 1.82) is 0 Å². The Bertz CT molecular complexity index is 1600. The molecule has 8 heteroatoms. The van der Waals surface area contributed by atoms with Gasteiger partial charge in [-0.3, -0.25) is 14.4 Å². The Balaban J connectivity index is 1.51. The van der Waals surface area contributed by atoms with Crippen LogP contribution in [-0.2, 0) is 9.59 Å². The Morgan fingerprint density at radius 2 is 1.49 bits per heavy atom. The fourth-order valence-electron chi connectivity index (χ4n) is 4.21. The van der Waals surface area contributed by atoms with Crippen LogP contribution in [0.1, 0.15) is 54.6 Å². The molecule has 0 spiro atoms. The molecule has 0 radical (unpaired) electrons. The number of hydrogen-bond acceptors (Lipinski definition) is 4. The summed E-state index contributed by atoms with van der Waals surface area (Å²) in [6, 6.07) is 30.9. The maximum absolute atomic E-state index is 13.5. The standard InChI is InChI=1S/C35H34ClN3O3S/c1-4-32(35(42)38-28-13-8-12-27(36)21-28)43-30-15-9-14-29(22-30)37-34(41)31(39-33(40)26-10-6-5-7-11-26)20-24-16-18-25(19-17-24)23(2)3/h5-23,32H,4H2,1-3H3,(H,37,41)(H,38,42)(H,39,40)/b31-20+. The lowest BCUT2D eigenvalue weighted by atomic mass is 10.0. The molecule has 4 rings (SSSR count). The maximum atomic E-state index is 13.5. The molecule has 0 saturated carbocycles. The van der Waals surface area contributed by atoms with Crippen molar-refractivity contribution in [3.8, 4) is 0 Å². The zero-order valence-electron chi connectivity index (χ0n) is 24.3. The first-order valence-corrected chi connectivity index (χ1v) is 15.3. The zero-order chi connectivity index (χ0) is 30.8. The minimum absolute atomic E-state index is 0.108. The lowest BCUT2D eigenvalue weighted by molar-refractivity contribution is -0.116. The highest BCUT2D eigenvalue weighted by molar-refractivity contribution is 8.00. The molecular formula is C35H34ClN3O3S. The number of halogens is 1. The van der Waals surface area contributed by atoms with Crippen molar-refractivity contribution >= 4 is 58.5 Å². The first kappa shape index (κ1) is 31.6. The van der Waals surface area contributed by atoms with Crippen molar-refractivity contribution in [3.05, 3.63) is 131 Å². The van der Waals surface area contributed by atoms with Crippen LogP contribution in [0.25, 0.3) is 6.08 Å². The molecule has 220 valence electrons. The third-order valence-corrected chi connectivity index (χ3v) is 8.16. The van der Waals surface area contributed by atoms with Crippen LogP contribution in [0.3, 0.4) is 0 Å². The highest BCUT2D eigenvalue weighted by Gasteiger charge is 2.19. The van der Waals surface area contributed by atoms with Gasteiger partial charge in [-0.2, -0.15) is 0 Å². The number of amides is 3. The van der Waals surface area contributed by atoms with Crippen LogP contribution >= 0.6 is 23.4 Å². The van der Waals surface area contributed by atoms with Gasteiger partial charge in [0.15, 0.2) is 0 Å². The van der Waals surface area contributed by atoms with E-state index in [1.165, 1.54) is 17.3 Å². The third kappa shape index (κ3) is 9.33. The third-order valence-electron chi connectivity index (χ3n) is 6.57. The summed E-state index contributed by atoms with van der Waals surface area (Å²) in [5.41, 5.74) is 3.68. The molecule has 0 aliphatic carbocycles. The Morgan fingerprint density at radius 1 is 0.814 bits per heavy atom. The molecule has 1 atom stereocenters. The second kappa shape index (κ2) is 15.2. The normalized spacial score (nSPS) is 12.0. The van der Waals surface area contributed by atoms with Crippen LogP contribution in [0, 0.1) is 0 Å². The minimum Gasteiger partial charge on any atom is -0.325 e. The van der Waals surface area contributed by atoms with Gasteiger partial charge in [-0.05, 0) is 78.1 Å². The Labute approximate surface area is 261 Å². The zero-order valence-corrected chi connectivity index (χ0v) is 25.8. The van der Waals surface area contributed by atoms with Gasteiger partial charge in [-0.1, -0.05) is 87.0 Å². The van der Waals surface area contributed by atoms with Crippen LogP contribution in [0.2, 0.25) is 5.02 Å². The molecule has 43 heavy (non-hydrogen) atoms. The van der Waals surface area contributed by atoms with Gasteiger partial charge in [0, 0.05) is 26.9 Å². The lowest BCUT2D eigenvalue weighted by Gasteiger charge is -2.16. The van der Waals surface area contributed by atoms with Gasteiger partial charge >= 0.3 is 0 Å². The summed E-state index contributed by atoms with van der Waals surface area (Å²) in [6.45, 7) is 6.18. The molecule has 0 aromatic heterocycles. The van der Waals surface area contributed by atoms with Gasteiger partial charge in [0.2, 0.25) is 5.91 Å². The molecule has 0 saturated heterocycles. The summed E-state index contributed by atoms with van der Waals surface area (Å²) in [6.07, 6.45) is 2.26. The molecule has 0 aliphatic rings. The molecule has 0 heterocycles. The quantitative estimate of drug-likeness (QED) is 0.117. The van der Waals surface area contributed by atoms with E-state index in [4.69, 9.17) is 11.6 Å². The fraction of sp³-hybridized carbons (Fsp3) is 0.171. The van der Waals surface area contributed by atoms with Gasteiger partial charge in [0.05, 0.1) is 5.25 Å². The largest absolute Gasteiger partial charge is 0.325 e. The van der Waals surface area contributed by atoms with Crippen LogP contribution in [0.5, 0.6) is 0 Å². The lowest BCUT2D eigenvalue weighted by Crippen LogP contribution is -2.30. The number of nitrogens with one attached hydrogen (secondary N) is 3. The molecule has 0 bridgehead atoms. The number of hydrogen-bond donors (Lipinski definition) is 3. The number of rotatable bonds is 11.